The van der Waals surface area contributed by atoms with Crippen LogP contribution in [0.4, 0.5) is 17.5 Å². The van der Waals surface area contributed by atoms with E-state index in [1.54, 1.807) is 49.3 Å². The maximum absolute atomic E-state index is 12.5. The van der Waals surface area contributed by atoms with Gasteiger partial charge in [-0.05, 0) is 37.5 Å². The molecule has 11 nitrogen and oxygen atoms in total. The molecule has 0 bridgehead atoms. The lowest BCUT2D eigenvalue weighted by atomic mass is 10.3. The smallest absolute Gasteiger partial charge is 0.274 e. The zero-order chi connectivity index (χ0) is 24.7. The van der Waals surface area contributed by atoms with Crippen LogP contribution in [0.1, 0.15) is 18.4 Å². The molecule has 1 amide bonds. The minimum Gasteiger partial charge on any atom is -0.491 e. The highest BCUT2D eigenvalue weighted by molar-refractivity contribution is 5.93. The number of fused-ring (bicyclic) bond motifs is 1. The lowest BCUT2D eigenvalue weighted by Gasteiger charge is -2.13. The maximum atomic E-state index is 12.5. The molecule has 4 aromatic heterocycles. The number of carbonyl (C=O) groups is 1. The van der Waals surface area contributed by atoms with Gasteiger partial charge in [0.15, 0.2) is 17.1 Å². The van der Waals surface area contributed by atoms with Crippen molar-refractivity contribution in [2.24, 2.45) is 20.0 Å². The van der Waals surface area contributed by atoms with Crippen LogP contribution < -0.4 is 25.7 Å². The second-order valence-electron chi connectivity index (χ2n) is 8.54. The molecule has 35 heavy (non-hydrogen) atoms. The Morgan fingerprint density at radius 2 is 2.00 bits per heavy atom. The normalized spacial score (nSPS) is 13.0. The number of hydrogen-bond acceptors (Lipinski definition) is 8. The minimum absolute atomic E-state index is 0.0336. The van der Waals surface area contributed by atoms with Crippen LogP contribution in [0.3, 0.4) is 0 Å². The van der Waals surface area contributed by atoms with Crippen molar-refractivity contribution >= 4 is 34.5 Å². The molecular weight excluding hydrogens is 450 g/mol. The molecule has 11 heteroatoms. The highest BCUT2D eigenvalue weighted by Gasteiger charge is 2.30. The van der Waals surface area contributed by atoms with Crippen LogP contribution in [0.15, 0.2) is 41.6 Å². The van der Waals surface area contributed by atoms with Gasteiger partial charge in [-0.2, -0.15) is 4.98 Å². The molecule has 1 fully saturated rings. The summed E-state index contributed by atoms with van der Waals surface area (Å²) in [5.41, 5.74) is 2.18. The summed E-state index contributed by atoms with van der Waals surface area (Å²) in [6.07, 6.45) is 6.66. The number of nitrogens with zero attached hydrogens (tertiary/aromatic N) is 5. The first-order valence-corrected chi connectivity index (χ1v) is 11.1. The van der Waals surface area contributed by atoms with E-state index in [1.807, 2.05) is 6.92 Å². The Bertz CT molecular complexity index is 1500. The molecule has 2 N–H and O–H groups in total. The molecule has 1 saturated carbocycles. The quantitative estimate of drug-likeness (QED) is 0.417. The van der Waals surface area contributed by atoms with E-state index in [2.05, 4.69) is 25.6 Å². The summed E-state index contributed by atoms with van der Waals surface area (Å²) in [5.74, 6) is 2.14. The number of ether oxygens (including phenoxy) is 2. The number of carbonyl (C=O) groups excluding carboxylic acids is 1. The van der Waals surface area contributed by atoms with E-state index >= 15 is 0 Å². The SMILES string of the molecule is COc1c(Oc2ccnc(NC(=O)C3CC3)c2)cnc2nc(Nc3cc(C)cn(C)c3=O)n(C)c12. The Labute approximate surface area is 200 Å². The van der Waals surface area contributed by atoms with Gasteiger partial charge in [-0.1, -0.05) is 0 Å². The second-order valence-corrected chi connectivity index (χ2v) is 8.54. The Kier molecular flexibility index (Phi) is 5.59. The van der Waals surface area contributed by atoms with Crippen LogP contribution in [-0.2, 0) is 18.9 Å². The maximum Gasteiger partial charge on any atom is 0.274 e. The van der Waals surface area contributed by atoms with Gasteiger partial charge >= 0.3 is 0 Å². The Balaban J connectivity index is 1.46. The minimum atomic E-state index is -0.172. The van der Waals surface area contributed by atoms with Crippen molar-refractivity contribution in [1.29, 1.82) is 0 Å². The number of aromatic nitrogens is 5. The highest BCUT2D eigenvalue weighted by Crippen LogP contribution is 2.38. The molecule has 4 heterocycles. The van der Waals surface area contributed by atoms with Crippen molar-refractivity contribution in [3.8, 4) is 17.2 Å². The van der Waals surface area contributed by atoms with Crippen LogP contribution in [0.25, 0.3) is 11.2 Å². The van der Waals surface area contributed by atoms with Gasteiger partial charge in [0.1, 0.15) is 22.8 Å². The fourth-order valence-electron chi connectivity index (χ4n) is 3.84. The summed E-state index contributed by atoms with van der Waals surface area (Å²) in [7, 11) is 5.03. The standard InChI is InChI=1S/C24H25N7O4/c1-13-9-16(23(33)30(2)12-13)27-24-29-21-19(31(24)3)20(34-4)17(11-26-21)35-15-7-8-25-18(10-15)28-22(32)14-5-6-14/h7-12,14H,5-6H2,1-4H3,(H,25,28,32)(H,26,27,29). The van der Waals surface area contributed by atoms with E-state index in [-0.39, 0.29) is 17.4 Å². The molecule has 0 atom stereocenters. The topological polar surface area (TPSA) is 125 Å². The molecule has 180 valence electrons. The van der Waals surface area contributed by atoms with E-state index < -0.39 is 0 Å². The summed E-state index contributed by atoms with van der Waals surface area (Å²) < 4.78 is 15.0. The predicted octanol–water partition coefficient (Wildman–Crippen LogP) is 3.26. The second kappa shape index (κ2) is 8.75. The van der Waals surface area contributed by atoms with Crippen LogP contribution in [-0.4, -0.2) is 37.1 Å². The molecule has 4 aromatic rings. The molecule has 0 aliphatic heterocycles. The zero-order valence-electron chi connectivity index (χ0n) is 19.8. The first-order chi connectivity index (χ1) is 16.8. The van der Waals surface area contributed by atoms with Gasteiger partial charge in [0.25, 0.3) is 5.56 Å². The number of methoxy groups -OCH3 is 1. The van der Waals surface area contributed by atoms with E-state index in [1.165, 1.54) is 17.9 Å². The lowest BCUT2D eigenvalue weighted by molar-refractivity contribution is -0.117. The summed E-state index contributed by atoms with van der Waals surface area (Å²) in [6, 6.07) is 5.09. The molecule has 1 aliphatic carbocycles. The Hall–Kier alpha value is -4.41. The van der Waals surface area contributed by atoms with Crippen LogP contribution in [0.5, 0.6) is 17.2 Å². The molecular formula is C24H25N7O4. The summed E-state index contributed by atoms with van der Waals surface area (Å²) >= 11 is 0. The average Bonchev–Trinajstić information content (AvgIpc) is 3.63. The Morgan fingerprint density at radius 3 is 2.74 bits per heavy atom. The summed E-state index contributed by atoms with van der Waals surface area (Å²) in [5, 5.41) is 5.92. The number of imidazole rings is 1. The van der Waals surface area contributed by atoms with Crippen LogP contribution >= 0.6 is 0 Å². The van der Waals surface area contributed by atoms with E-state index in [0.29, 0.717) is 45.9 Å². The van der Waals surface area contributed by atoms with E-state index in [4.69, 9.17) is 9.47 Å². The molecule has 0 unspecified atom stereocenters. The summed E-state index contributed by atoms with van der Waals surface area (Å²) in [4.78, 5) is 37.7. The predicted molar refractivity (Wildman–Crippen MR) is 130 cm³/mol. The zero-order valence-corrected chi connectivity index (χ0v) is 19.8. The third kappa shape index (κ3) is 4.39. The highest BCUT2D eigenvalue weighted by atomic mass is 16.5. The van der Waals surface area contributed by atoms with Gasteiger partial charge < -0.3 is 29.2 Å². The van der Waals surface area contributed by atoms with Gasteiger partial charge in [-0.3, -0.25) is 9.59 Å². The number of pyridine rings is 3. The van der Waals surface area contributed by atoms with Crippen molar-refractivity contribution < 1.29 is 14.3 Å². The molecule has 5 rings (SSSR count). The number of hydrogen-bond donors (Lipinski definition) is 2. The number of aryl methyl sites for hydroxylation is 3. The Morgan fingerprint density at radius 1 is 1.20 bits per heavy atom. The molecule has 0 spiro atoms. The van der Waals surface area contributed by atoms with E-state index in [0.717, 1.165) is 18.4 Å². The molecule has 1 aliphatic rings. The fourth-order valence-corrected chi connectivity index (χ4v) is 3.84. The van der Waals surface area contributed by atoms with Gasteiger partial charge in [0.2, 0.25) is 11.9 Å². The third-order valence-electron chi connectivity index (χ3n) is 5.75. The van der Waals surface area contributed by atoms with Crippen molar-refractivity contribution in [2.45, 2.75) is 19.8 Å². The average molecular weight is 476 g/mol. The number of amides is 1. The van der Waals surface area contributed by atoms with Crippen molar-refractivity contribution in [2.75, 3.05) is 17.7 Å². The lowest BCUT2D eigenvalue weighted by Crippen LogP contribution is -2.20. The molecule has 0 radical (unpaired) electrons. The van der Waals surface area contributed by atoms with Crippen molar-refractivity contribution in [1.82, 2.24) is 24.1 Å². The number of rotatable bonds is 7. The van der Waals surface area contributed by atoms with Crippen molar-refractivity contribution in [3.63, 3.8) is 0 Å². The van der Waals surface area contributed by atoms with Crippen LogP contribution in [0.2, 0.25) is 0 Å². The fraction of sp³-hybridized carbons (Fsp3) is 0.292. The monoisotopic (exact) mass is 475 g/mol. The largest absolute Gasteiger partial charge is 0.491 e. The van der Waals surface area contributed by atoms with E-state index in [9.17, 15) is 9.59 Å². The van der Waals surface area contributed by atoms with Crippen molar-refractivity contribution in [3.05, 3.63) is 52.7 Å². The van der Waals surface area contributed by atoms with Gasteiger partial charge in [-0.25, -0.2) is 9.97 Å². The van der Waals surface area contributed by atoms with Gasteiger partial charge in [0, 0.05) is 38.5 Å². The molecule has 0 saturated heterocycles. The van der Waals surface area contributed by atoms with Crippen LogP contribution in [0, 0.1) is 12.8 Å². The third-order valence-corrected chi connectivity index (χ3v) is 5.75. The summed E-state index contributed by atoms with van der Waals surface area (Å²) in [6.45, 7) is 1.91. The first-order valence-electron chi connectivity index (χ1n) is 11.1. The number of anilines is 3. The first kappa shape index (κ1) is 22.4. The van der Waals surface area contributed by atoms with Gasteiger partial charge in [0.05, 0.1) is 13.3 Å². The van der Waals surface area contributed by atoms with Gasteiger partial charge in [-0.15, -0.1) is 0 Å². The molecule has 0 aromatic carbocycles. The number of nitrogens with one attached hydrogen (secondary N) is 2.